The van der Waals surface area contributed by atoms with E-state index in [2.05, 4.69) is 125 Å². The van der Waals surface area contributed by atoms with Gasteiger partial charge >= 0.3 is 7.40 Å². The minimum absolute atomic E-state index is 0.0162. The maximum Gasteiger partial charge on any atom is 0.674 e. The van der Waals surface area contributed by atoms with Crippen LogP contribution < -0.4 is 0 Å². The van der Waals surface area contributed by atoms with Crippen LogP contribution in [0.3, 0.4) is 0 Å². The first-order valence-corrected chi connectivity index (χ1v) is 13.8. The first-order valence-electron chi connectivity index (χ1n) is 11.1. The molecule has 0 radical (unpaired) electrons. The Morgan fingerprint density at radius 1 is 0.400 bits per heavy atom. The van der Waals surface area contributed by atoms with Gasteiger partial charge in [0.15, 0.2) is 0 Å². The van der Waals surface area contributed by atoms with Gasteiger partial charge in [-0.15, -0.1) is 0 Å². The molecule has 0 aromatic heterocycles. The molecule has 0 bridgehead atoms. The summed E-state index contributed by atoms with van der Waals surface area (Å²) in [4.78, 5) is 0. The van der Waals surface area contributed by atoms with Crippen LogP contribution in [-0.4, -0.2) is 48.4 Å². The molecule has 0 spiro atoms. The molecule has 2 N–H and O–H groups in total. The smallest absolute Gasteiger partial charge is 0.398 e. The van der Waals surface area contributed by atoms with Gasteiger partial charge in [-0.3, -0.25) is 4.32 Å². The van der Waals surface area contributed by atoms with E-state index in [-0.39, 0.29) is 15.8 Å². The summed E-state index contributed by atoms with van der Waals surface area (Å²) in [6.07, 6.45) is 0. The van der Waals surface area contributed by atoms with Gasteiger partial charge in [0.05, 0.1) is 0 Å². The fourth-order valence-corrected chi connectivity index (χ4v) is 18.1. The van der Waals surface area contributed by atoms with Crippen molar-refractivity contribution in [3.63, 3.8) is 0 Å². The Morgan fingerprint density at radius 2 is 0.467 bits per heavy atom. The summed E-state index contributed by atoms with van der Waals surface area (Å²) in [7, 11) is -2.63. The molecule has 0 aliphatic rings. The quantitative estimate of drug-likeness (QED) is 0.276. The van der Waals surface area contributed by atoms with Crippen LogP contribution in [0.4, 0.5) is 4.32 Å². The van der Waals surface area contributed by atoms with Crippen LogP contribution in [0.1, 0.15) is 125 Å². The molecule has 0 aromatic carbocycles. The molecule has 0 atom stereocenters. The van der Waals surface area contributed by atoms with Crippen molar-refractivity contribution < 1.29 is 14.4 Å². The molecule has 0 fully saturated rings. The summed E-state index contributed by atoms with van der Waals surface area (Å²) < 4.78 is 10.1. The lowest BCUT2D eigenvalue weighted by molar-refractivity contribution is 0.340. The SMILES string of the molecule is CC(C)(C)P(C(C)(C)C)C(C)(C)C.CC(C)(C)P(C(C)(C)C)C(C)(C)C.OB(O)F. The molecule has 0 aliphatic carbocycles. The van der Waals surface area contributed by atoms with E-state index in [1.54, 1.807) is 0 Å². The second-order valence-corrected chi connectivity index (χ2v) is 23.4. The van der Waals surface area contributed by atoms with Gasteiger partial charge in [0.2, 0.25) is 0 Å². The zero-order valence-corrected chi connectivity index (χ0v) is 25.5. The summed E-state index contributed by atoms with van der Waals surface area (Å²) in [6.45, 7) is 42.9. The van der Waals surface area contributed by atoms with Gasteiger partial charge in [-0.2, -0.15) is 0 Å². The Balaban J connectivity index is -0.000000412. The van der Waals surface area contributed by atoms with Gasteiger partial charge < -0.3 is 10.0 Å². The average molecular weight is 468 g/mol. The predicted molar refractivity (Wildman–Crippen MR) is 144 cm³/mol. The predicted octanol–water partition coefficient (Wildman–Crippen LogP) is 8.65. The van der Waals surface area contributed by atoms with E-state index in [4.69, 9.17) is 10.0 Å². The van der Waals surface area contributed by atoms with Crippen molar-refractivity contribution in [2.45, 2.75) is 156 Å². The van der Waals surface area contributed by atoms with Gasteiger partial charge in [-0.05, 0) is 30.9 Å². The third kappa shape index (κ3) is 16.4. The van der Waals surface area contributed by atoms with E-state index < -0.39 is 7.40 Å². The fourth-order valence-electron chi connectivity index (χ4n) is 6.04. The highest BCUT2D eigenvalue weighted by molar-refractivity contribution is 7.62. The first-order chi connectivity index (χ1) is 12.5. The summed E-state index contributed by atoms with van der Waals surface area (Å²) in [6, 6.07) is 0. The van der Waals surface area contributed by atoms with Crippen molar-refractivity contribution in [3.8, 4) is 0 Å². The van der Waals surface area contributed by atoms with E-state index in [9.17, 15) is 4.32 Å². The Kier molecular flexibility index (Phi) is 13.9. The molecule has 6 heteroatoms. The van der Waals surface area contributed by atoms with Gasteiger partial charge in [-0.25, -0.2) is 0 Å². The van der Waals surface area contributed by atoms with Crippen molar-refractivity contribution in [3.05, 3.63) is 0 Å². The largest absolute Gasteiger partial charge is 0.674 e. The standard InChI is InChI=1S/2C12H27P.BFH2O2/c2*1-10(2,3)13(11(4,5)6)12(7,8)9;2-1(3)4/h2*1-9H3;3-4H. The molecule has 2 nitrogen and oxygen atoms in total. The molecular formula is C24H56BFO2P2. The number of hydrogen-bond donors (Lipinski definition) is 2. The maximum absolute atomic E-state index is 10.1. The zero-order valence-electron chi connectivity index (χ0n) is 23.7. The topological polar surface area (TPSA) is 40.5 Å². The lowest BCUT2D eigenvalue weighted by Gasteiger charge is -2.49. The van der Waals surface area contributed by atoms with Crippen molar-refractivity contribution in [1.82, 2.24) is 0 Å². The van der Waals surface area contributed by atoms with E-state index in [1.807, 2.05) is 0 Å². The normalized spacial score (nSPS) is 14.1. The average Bonchev–Trinajstić information content (AvgIpc) is 2.11. The summed E-state index contributed by atoms with van der Waals surface area (Å²) >= 11 is 0. The Labute approximate surface area is 193 Å². The highest BCUT2D eigenvalue weighted by atomic mass is 31.1. The van der Waals surface area contributed by atoms with Crippen molar-refractivity contribution >= 4 is 23.2 Å². The van der Waals surface area contributed by atoms with Crippen LogP contribution in [0, 0.1) is 0 Å². The molecule has 0 amide bonds. The molecule has 30 heavy (non-hydrogen) atoms. The Bertz CT molecular complexity index is 357. The van der Waals surface area contributed by atoms with Crippen molar-refractivity contribution in [2.24, 2.45) is 0 Å². The molecule has 0 unspecified atom stereocenters. The number of rotatable bonds is 0. The first kappa shape index (κ1) is 35.4. The molecule has 0 aromatic rings. The molecule has 0 rings (SSSR count). The molecular weight excluding hydrogens is 412 g/mol. The third-order valence-electron chi connectivity index (χ3n) is 4.02. The monoisotopic (exact) mass is 468 g/mol. The van der Waals surface area contributed by atoms with Gasteiger partial charge in [0.25, 0.3) is 0 Å². The Morgan fingerprint density at radius 3 is 0.467 bits per heavy atom. The fraction of sp³-hybridized carbons (Fsp3) is 1.00. The van der Waals surface area contributed by atoms with E-state index in [1.165, 1.54) is 0 Å². The Hall–Kier alpha value is 0.775. The highest BCUT2D eigenvalue weighted by Gasteiger charge is 2.42. The van der Waals surface area contributed by atoms with Crippen molar-refractivity contribution in [2.75, 3.05) is 0 Å². The lowest BCUT2D eigenvalue weighted by Crippen LogP contribution is -2.34. The molecule has 0 saturated carbocycles. The van der Waals surface area contributed by atoms with Crippen LogP contribution in [0.2, 0.25) is 0 Å². The van der Waals surface area contributed by atoms with Crippen LogP contribution in [-0.2, 0) is 0 Å². The van der Waals surface area contributed by atoms with Crippen LogP contribution in [0.25, 0.3) is 0 Å². The second kappa shape index (κ2) is 11.8. The van der Waals surface area contributed by atoms with Crippen LogP contribution in [0.5, 0.6) is 0 Å². The molecule has 0 aliphatic heterocycles. The van der Waals surface area contributed by atoms with E-state index >= 15 is 0 Å². The lowest BCUT2D eigenvalue weighted by atomic mass is 10.2. The van der Waals surface area contributed by atoms with Crippen LogP contribution >= 0.6 is 15.8 Å². The minimum atomic E-state index is -2.67. The van der Waals surface area contributed by atoms with Gasteiger partial charge in [-0.1, -0.05) is 140 Å². The molecule has 0 saturated heterocycles. The van der Waals surface area contributed by atoms with E-state index in [0.717, 1.165) is 0 Å². The number of hydrogen-bond acceptors (Lipinski definition) is 2. The van der Waals surface area contributed by atoms with Crippen LogP contribution in [0.15, 0.2) is 0 Å². The minimum Gasteiger partial charge on any atom is -0.398 e. The van der Waals surface area contributed by atoms with Gasteiger partial charge in [0.1, 0.15) is 0 Å². The summed E-state index contributed by atoms with van der Waals surface area (Å²) in [5, 5.41) is 16.6. The van der Waals surface area contributed by atoms with E-state index in [0.29, 0.717) is 30.9 Å². The molecule has 0 heterocycles. The third-order valence-corrected chi connectivity index (χ3v) is 12.1. The van der Waals surface area contributed by atoms with Crippen molar-refractivity contribution in [1.29, 1.82) is 0 Å². The molecule has 184 valence electrons. The summed E-state index contributed by atoms with van der Waals surface area (Å²) in [5.74, 6) is 0. The summed E-state index contributed by atoms with van der Waals surface area (Å²) in [5.41, 5.74) is 0. The second-order valence-electron chi connectivity index (χ2n) is 14.0. The maximum atomic E-state index is 10.1. The zero-order chi connectivity index (χ0) is 25.7. The number of halogens is 1. The van der Waals surface area contributed by atoms with Gasteiger partial charge in [0, 0.05) is 0 Å². The highest BCUT2D eigenvalue weighted by Crippen LogP contribution is 2.67.